The van der Waals surface area contributed by atoms with E-state index in [-0.39, 0.29) is 6.42 Å². The molecule has 0 aromatic carbocycles. The van der Waals surface area contributed by atoms with Gasteiger partial charge in [-0.05, 0) is 13.0 Å². The summed E-state index contributed by atoms with van der Waals surface area (Å²) in [6, 6.07) is 0. The van der Waals surface area contributed by atoms with Crippen LogP contribution in [0.5, 0.6) is 0 Å². The number of hydrogen-bond donors (Lipinski definition) is 1. The summed E-state index contributed by atoms with van der Waals surface area (Å²) in [4.78, 5) is 0. The van der Waals surface area contributed by atoms with Gasteiger partial charge in [0.15, 0.2) is 5.16 Å². The molecule has 1 aliphatic rings. The molecule has 0 aliphatic heterocycles. The first kappa shape index (κ1) is 12.8. The van der Waals surface area contributed by atoms with Gasteiger partial charge >= 0.3 is 0 Å². The van der Waals surface area contributed by atoms with Gasteiger partial charge in [-0.2, -0.15) is 0 Å². The van der Waals surface area contributed by atoms with Crippen molar-refractivity contribution in [3.8, 4) is 0 Å². The fourth-order valence-corrected chi connectivity index (χ4v) is 2.68. The number of hydrogen-bond acceptors (Lipinski definition) is 4. The van der Waals surface area contributed by atoms with Crippen molar-refractivity contribution in [3.63, 3.8) is 0 Å². The maximum absolute atomic E-state index is 12.6. The summed E-state index contributed by atoms with van der Waals surface area (Å²) in [5.74, 6) is -1.33. The Balaban J connectivity index is 1.79. The summed E-state index contributed by atoms with van der Waals surface area (Å²) in [6.45, 7) is 0.533. The summed E-state index contributed by atoms with van der Waals surface area (Å²) < 4.78 is 27.2. The van der Waals surface area contributed by atoms with Gasteiger partial charge in [0.25, 0.3) is 5.92 Å². The molecule has 0 radical (unpaired) electrons. The fourth-order valence-electron chi connectivity index (χ4n) is 1.69. The molecule has 0 unspecified atom stereocenters. The molecular weight excluding hydrogens is 246 g/mol. The minimum Gasteiger partial charge on any atom is -0.330 e. The van der Waals surface area contributed by atoms with Crippen LogP contribution in [0.15, 0.2) is 5.16 Å². The van der Waals surface area contributed by atoms with Crippen molar-refractivity contribution in [1.29, 1.82) is 0 Å². The van der Waals surface area contributed by atoms with Crippen LogP contribution in [0.25, 0.3) is 0 Å². The number of aromatic nitrogens is 3. The third-order valence-electron chi connectivity index (χ3n) is 2.95. The fraction of sp³-hybridized carbons (Fsp3) is 0.800. The Kier molecular flexibility index (Phi) is 3.67. The van der Waals surface area contributed by atoms with E-state index in [0.717, 1.165) is 11.0 Å². The van der Waals surface area contributed by atoms with E-state index in [1.807, 2.05) is 11.6 Å². The number of rotatable bonds is 6. The molecule has 0 amide bonds. The summed E-state index contributed by atoms with van der Waals surface area (Å²) in [6.07, 6.45) is 1.27. The van der Waals surface area contributed by atoms with E-state index in [9.17, 15) is 8.78 Å². The molecule has 96 valence electrons. The average molecular weight is 262 g/mol. The van der Waals surface area contributed by atoms with Gasteiger partial charge in [-0.3, -0.25) is 0 Å². The van der Waals surface area contributed by atoms with Crippen LogP contribution in [0, 0.1) is 5.92 Å². The predicted octanol–water partition coefficient (Wildman–Crippen LogP) is 1.45. The van der Waals surface area contributed by atoms with Crippen LogP contribution >= 0.6 is 11.8 Å². The summed E-state index contributed by atoms with van der Waals surface area (Å²) in [5.41, 5.74) is 5.45. The van der Waals surface area contributed by atoms with E-state index >= 15 is 0 Å². The standard InChI is InChI=1S/C10H16F2N4S/c1-16-8(2-4-13)14-15-9(16)17-5-3-7-6-10(7,11)12/h7H,2-6,13H2,1H3/t7-/m1/s1. The van der Waals surface area contributed by atoms with Crippen LogP contribution in [-0.2, 0) is 13.5 Å². The molecule has 4 nitrogen and oxygen atoms in total. The van der Waals surface area contributed by atoms with Gasteiger partial charge < -0.3 is 10.3 Å². The summed E-state index contributed by atoms with van der Waals surface area (Å²) in [7, 11) is 1.87. The molecule has 0 saturated heterocycles. The van der Waals surface area contributed by atoms with Crippen LogP contribution in [0.2, 0.25) is 0 Å². The van der Waals surface area contributed by atoms with E-state index < -0.39 is 11.8 Å². The average Bonchev–Trinajstić information content (AvgIpc) is 2.73. The Morgan fingerprint density at radius 1 is 1.53 bits per heavy atom. The minimum atomic E-state index is -2.41. The van der Waals surface area contributed by atoms with E-state index in [2.05, 4.69) is 10.2 Å². The zero-order valence-corrected chi connectivity index (χ0v) is 10.5. The zero-order valence-electron chi connectivity index (χ0n) is 9.70. The molecule has 1 aliphatic carbocycles. The first-order valence-corrected chi connectivity index (χ1v) is 6.62. The number of nitrogens with two attached hydrogens (primary N) is 1. The number of halogens is 2. The topological polar surface area (TPSA) is 56.7 Å². The Morgan fingerprint density at radius 3 is 2.82 bits per heavy atom. The van der Waals surface area contributed by atoms with Crippen molar-refractivity contribution in [2.75, 3.05) is 12.3 Å². The van der Waals surface area contributed by atoms with Crippen molar-refractivity contribution < 1.29 is 8.78 Å². The quantitative estimate of drug-likeness (QED) is 0.788. The normalized spacial score (nSPS) is 21.8. The highest BCUT2D eigenvalue weighted by Crippen LogP contribution is 2.51. The molecule has 17 heavy (non-hydrogen) atoms. The van der Waals surface area contributed by atoms with Crippen LogP contribution < -0.4 is 5.73 Å². The van der Waals surface area contributed by atoms with Gasteiger partial charge in [0.2, 0.25) is 0 Å². The lowest BCUT2D eigenvalue weighted by Crippen LogP contribution is -2.08. The van der Waals surface area contributed by atoms with E-state index in [4.69, 9.17) is 5.73 Å². The number of nitrogens with zero attached hydrogens (tertiary/aromatic N) is 3. The van der Waals surface area contributed by atoms with Crippen molar-refractivity contribution in [2.24, 2.45) is 18.7 Å². The summed E-state index contributed by atoms with van der Waals surface area (Å²) >= 11 is 1.48. The van der Waals surface area contributed by atoms with Gasteiger partial charge in [-0.1, -0.05) is 11.8 Å². The van der Waals surface area contributed by atoms with Gasteiger partial charge in [-0.25, -0.2) is 8.78 Å². The van der Waals surface area contributed by atoms with Crippen LogP contribution in [0.3, 0.4) is 0 Å². The predicted molar refractivity (Wildman–Crippen MR) is 62.2 cm³/mol. The van der Waals surface area contributed by atoms with Crippen molar-refractivity contribution in [3.05, 3.63) is 5.82 Å². The van der Waals surface area contributed by atoms with Gasteiger partial charge in [0, 0.05) is 31.6 Å². The van der Waals surface area contributed by atoms with Gasteiger partial charge in [0.05, 0.1) is 0 Å². The molecule has 1 saturated carbocycles. The van der Waals surface area contributed by atoms with E-state index in [0.29, 0.717) is 25.1 Å². The SMILES string of the molecule is Cn1c(CCN)nnc1SCC[C@@H]1CC1(F)F. The highest BCUT2D eigenvalue weighted by atomic mass is 32.2. The molecule has 0 spiro atoms. The van der Waals surface area contributed by atoms with Crippen molar-refractivity contribution >= 4 is 11.8 Å². The molecule has 0 bridgehead atoms. The van der Waals surface area contributed by atoms with Gasteiger partial charge in [-0.15, -0.1) is 10.2 Å². The lowest BCUT2D eigenvalue weighted by Gasteiger charge is -2.02. The molecule has 7 heteroatoms. The minimum absolute atomic E-state index is 0.0464. The van der Waals surface area contributed by atoms with Gasteiger partial charge in [0.1, 0.15) is 5.82 Å². The largest absolute Gasteiger partial charge is 0.330 e. The molecule has 2 rings (SSSR count). The number of thioether (sulfide) groups is 1. The first-order valence-electron chi connectivity index (χ1n) is 5.63. The Morgan fingerprint density at radius 2 is 2.24 bits per heavy atom. The lowest BCUT2D eigenvalue weighted by molar-refractivity contribution is 0.0983. The lowest BCUT2D eigenvalue weighted by atomic mass is 10.3. The smallest absolute Gasteiger partial charge is 0.251 e. The second-order valence-corrected chi connectivity index (χ2v) is 5.36. The third-order valence-corrected chi connectivity index (χ3v) is 4.00. The second kappa shape index (κ2) is 4.89. The molecule has 1 fully saturated rings. The zero-order chi connectivity index (χ0) is 12.5. The Labute approximate surface area is 103 Å². The van der Waals surface area contributed by atoms with Crippen LogP contribution in [0.4, 0.5) is 8.78 Å². The van der Waals surface area contributed by atoms with Crippen LogP contribution in [0.1, 0.15) is 18.7 Å². The van der Waals surface area contributed by atoms with Crippen molar-refractivity contribution in [1.82, 2.24) is 14.8 Å². The summed E-state index contributed by atoms with van der Waals surface area (Å²) in [5, 5.41) is 8.81. The number of alkyl halides is 2. The molecule has 1 aromatic heterocycles. The van der Waals surface area contributed by atoms with E-state index in [1.165, 1.54) is 11.8 Å². The molecule has 2 N–H and O–H groups in total. The molecular formula is C10H16F2N4S. The van der Waals surface area contributed by atoms with E-state index in [1.54, 1.807) is 0 Å². The van der Waals surface area contributed by atoms with Crippen molar-refractivity contribution in [2.45, 2.75) is 30.3 Å². The van der Waals surface area contributed by atoms with Crippen LogP contribution in [-0.4, -0.2) is 33.0 Å². The first-order chi connectivity index (χ1) is 8.04. The highest BCUT2D eigenvalue weighted by Gasteiger charge is 2.55. The molecule has 1 aromatic rings. The Bertz CT molecular complexity index is 394. The molecule has 1 heterocycles. The monoisotopic (exact) mass is 262 g/mol. The molecule has 1 atom stereocenters. The highest BCUT2D eigenvalue weighted by molar-refractivity contribution is 7.99. The maximum atomic E-state index is 12.6. The second-order valence-electron chi connectivity index (χ2n) is 4.30. The Hall–Kier alpha value is -0.690. The maximum Gasteiger partial charge on any atom is 0.251 e. The third kappa shape index (κ3) is 2.95.